The summed E-state index contributed by atoms with van der Waals surface area (Å²) in [6.07, 6.45) is 0. The number of aryl methyl sites for hydroxylation is 2. The maximum atomic E-state index is 13.7. The maximum Gasteiger partial charge on any atom is 0.264 e. The van der Waals surface area contributed by atoms with Crippen molar-refractivity contribution in [3.63, 3.8) is 0 Å². The summed E-state index contributed by atoms with van der Waals surface area (Å²) < 4.78 is 34.6. The molecular weight excluding hydrogens is 570 g/mol. The predicted octanol–water partition coefficient (Wildman–Crippen LogP) is 6.08. The average Bonchev–Trinajstić information content (AvgIpc) is 3.01. The van der Waals surface area contributed by atoms with E-state index in [1.165, 1.54) is 4.31 Å². The van der Waals surface area contributed by atoms with Crippen LogP contribution in [0.3, 0.4) is 0 Å². The van der Waals surface area contributed by atoms with Gasteiger partial charge in [0, 0.05) is 36.9 Å². The molecule has 4 aromatic carbocycles. The molecule has 0 radical (unpaired) electrons. The number of amides is 1. The number of sulfonamides is 1. The first kappa shape index (κ1) is 29.5. The fourth-order valence-corrected chi connectivity index (χ4v) is 6.59. The van der Waals surface area contributed by atoms with Crippen molar-refractivity contribution in [1.82, 2.24) is 4.90 Å². The third-order valence-corrected chi connectivity index (χ3v) is 9.43. The molecule has 0 N–H and O–H groups in total. The summed E-state index contributed by atoms with van der Waals surface area (Å²) in [5.74, 6) is 0.405. The van der Waals surface area contributed by atoms with Gasteiger partial charge < -0.3 is 14.5 Å². The van der Waals surface area contributed by atoms with E-state index in [0.717, 1.165) is 22.4 Å². The van der Waals surface area contributed by atoms with E-state index < -0.39 is 10.0 Å². The van der Waals surface area contributed by atoms with E-state index >= 15 is 0 Å². The molecular formula is C33H34ClN3O4S. The second kappa shape index (κ2) is 12.9. The topological polar surface area (TPSA) is 70.2 Å². The molecule has 1 aliphatic heterocycles. The van der Waals surface area contributed by atoms with Crippen molar-refractivity contribution in [3.8, 4) is 5.75 Å². The fourth-order valence-electron chi connectivity index (χ4n) is 4.97. The summed E-state index contributed by atoms with van der Waals surface area (Å²) >= 11 is 6.19. The van der Waals surface area contributed by atoms with Gasteiger partial charge in [0.05, 0.1) is 17.1 Å². The summed E-state index contributed by atoms with van der Waals surface area (Å²) in [7, 11) is -3.83. The molecule has 9 heteroatoms. The average molecular weight is 604 g/mol. The van der Waals surface area contributed by atoms with Crippen LogP contribution in [-0.2, 0) is 21.4 Å². The van der Waals surface area contributed by atoms with Crippen molar-refractivity contribution < 1.29 is 17.9 Å². The Balaban J connectivity index is 1.23. The Morgan fingerprint density at radius 2 is 1.52 bits per heavy atom. The molecule has 1 heterocycles. The zero-order valence-corrected chi connectivity index (χ0v) is 25.3. The Morgan fingerprint density at radius 1 is 0.857 bits per heavy atom. The Hall–Kier alpha value is -4.01. The van der Waals surface area contributed by atoms with E-state index in [9.17, 15) is 13.2 Å². The number of nitrogens with zero attached hydrogens (tertiary/aromatic N) is 3. The number of carbonyl (C=O) groups excluding carboxylic acids is 1. The Labute approximate surface area is 252 Å². The standard InChI is InChI=1S/C33H34ClN3O4S/c1-25-8-16-31(17-9-25)42(39,40)37(23-27-6-4-3-5-7-27)29-12-14-30(15-13-29)41-24-33(38)36-20-18-35(19-21-36)32-22-28(34)11-10-26(32)2/h3-17,22H,18-21,23-24H2,1-2H3. The molecule has 5 rings (SSSR count). The maximum absolute atomic E-state index is 13.7. The van der Waals surface area contributed by atoms with Gasteiger partial charge in [-0.1, -0.05) is 65.7 Å². The molecule has 0 aliphatic carbocycles. The Kier molecular flexibility index (Phi) is 9.04. The third kappa shape index (κ3) is 6.89. The van der Waals surface area contributed by atoms with Crippen LogP contribution in [0.25, 0.3) is 0 Å². The predicted molar refractivity (Wildman–Crippen MR) is 168 cm³/mol. The highest BCUT2D eigenvalue weighted by molar-refractivity contribution is 7.92. The first-order valence-electron chi connectivity index (χ1n) is 13.9. The lowest BCUT2D eigenvalue weighted by atomic mass is 10.1. The van der Waals surface area contributed by atoms with Crippen molar-refractivity contribution in [3.05, 3.63) is 119 Å². The Morgan fingerprint density at radius 3 is 2.19 bits per heavy atom. The molecule has 4 aromatic rings. The molecule has 7 nitrogen and oxygen atoms in total. The SMILES string of the molecule is Cc1ccc(S(=O)(=O)N(Cc2ccccc2)c2ccc(OCC(=O)N3CCN(c4cc(Cl)ccc4C)CC3)cc2)cc1. The van der Waals surface area contributed by atoms with Gasteiger partial charge in [0.1, 0.15) is 5.75 Å². The number of carbonyl (C=O) groups is 1. The monoisotopic (exact) mass is 603 g/mol. The van der Waals surface area contributed by atoms with Crippen LogP contribution >= 0.6 is 11.6 Å². The zero-order chi connectivity index (χ0) is 29.7. The second-order valence-electron chi connectivity index (χ2n) is 10.4. The van der Waals surface area contributed by atoms with Gasteiger partial charge in [0.2, 0.25) is 0 Å². The van der Waals surface area contributed by atoms with E-state index in [0.29, 0.717) is 42.6 Å². The third-order valence-electron chi connectivity index (χ3n) is 7.41. The number of piperazine rings is 1. The fraction of sp³-hybridized carbons (Fsp3) is 0.242. The Bertz CT molecular complexity index is 1620. The minimum absolute atomic E-state index is 0.0887. The molecule has 0 atom stereocenters. The van der Waals surface area contributed by atoms with Gasteiger partial charge in [0.25, 0.3) is 15.9 Å². The van der Waals surface area contributed by atoms with E-state index in [1.807, 2.05) is 55.5 Å². The van der Waals surface area contributed by atoms with Crippen molar-refractivity contribution in [2.45, 2.75) is 25.3 Å². The molecule has 0 saturated carbocycles. The zero-order valence-electron chi connectivity index (χ0n) is 23.7. The highest BCUT2D eigenvalue weighted by atomic mass is 35.5. The van der Waals surface area contributed by atoms with Crippen molar-refractivity contribution in [1.29, 1.82) is 0 Å². The number of hydrogen-bond donors (Lipinski definition) is 0. The normalized spacial score (nSPS) is 13.6. The lowest BCUT2D eigenvalue weighted by Gasteiger charge is -2.36. The minimum atomic E-state index is -3.83. The first-order valence-corrected chi connectivity index (χ1v) is 15.7. The van der Waals surface area contributed by atoms with Crippen LogP contribution in [0.15, 0.2) is 102 Å². The second-order valence-corrected chi connectivity index (χ2v) is 12.7. The molecule has 218 valence electrons. The number of halogens is 1. The largest absolute Gasteiger partial charge is 0.484 e. The highest BCUT2D eigenvalue weighted by Crippen LogP contribution is 2.29. The van der Waals surface area contributed by atoms with Crippen LogP contribution in [-0.4, -0.2) is 52.0 Å². The summed E-state index contributed by atoms with van der Waals surface area (Å²) in [6.45, 7) is 6.69. The summed E-state index contributed by atoms with van der Waals surface area (Å²) in [5, 5.41) is 0.699. The number of anilines is 2. The van der Waals surface area contributed by atoms with Gasteiger partial charge in [0.15, 0.2) is 6.61 Å². The van der Waals surface area contributed by atoms with Gasteiger partial charge in [-0.15, -0.1) is 0 Å². The first-order chi connectivity index (χ1) is 20.2. The van der Waals surface area contributed by atoms with Crippen molar-refractivity contribution in [2.75, 3.05) is 42.0 Å². The van der Waals surface area contributed by atoms with Gasteiger partial charge in [-0.2, -0.15) is 0 Å². The van der Waals surface area contributed by atoms with Gasteiger partial charge in [-0.25, -0.2) is 8.42 Å². The van der Waals surface area contributed by atoms with Crippen LogP contribution in [0.4, 0.5) is 11.4 Å². The summed E-state index contributed by atoms with van der Waals surface area (Å²) in [4.78, 5) is 17.2. The van der Waals surface area contributed by atoms with Gasteiger partial charge in [-0.3, -0.25) is 9.10 Å². The number of rotatable bonds is 9. The number of benzene rings is 4. The van der Waals surface area contributed by atoms with Gasteiger partial charge in [-0.05, 0) is 73.5 Å². The van der Waals surface area contributed by atoms with Crippen LogP contribution in [0.1, 0.15) is 16.7 Å². The van der Waals surface area contributed by atoms with E-state index in [1.54, 1.807) is 53.4 Å². The molecule has 0 unspecified atom stereocenters. The molecule has 1 amide bonds. The van der Waals surface area contributed by atoms with Crippen molar-refractivity contribution in [2.24, 2.45) is 0 Å². The lowest BCUT2D eigenvalue weighted by molar-refractivity contribution is -0.133. The van der Waals surface area contributed by atoms with Crippen LogP contribution in [0, 0.1) is 13.8 Å². The summed E-state index contributed by atoms with van der Waals surface area (Å²) in [5.41, 5.74) is 4.60. The van der Waals surface area contributed by atoms with Crippen LogP contribution in [0.2, 0.25) is 5.02 Å². The smallest absolute Gasteiger partial charge is 0.264 e. The molecule has 0 bridgehead atoms. The van der Waals surface area contributed by atoms with E-state index in [4.69, 9.17) is 16.3 Å². The molecule has 0 spiro atoms. The number of hydrogen-bond acceptors (Lipinski definition) is 5. The molecule has 0 aromatic heterocycles. The summed E-state index contributed by atoms with van der Waals surface area (Å²) in [6, 6.07) is 29.0. The van der Waals surface area contributed by atoms with Crippen LogP contribution < -0.4 is 13.9 Å². The minimum Gasteiger partial charge on any atom is -0.484 e. The quantitative estimate of drug-likeness (QED) is 0.232. The molecule has 1 aliphatic rings. The molecule has 1 fully saturated rings. The molecule has 42 heavy (non-hydrogen) atoms. The van der Waals surface area contributed by atoms with E-state index in [2.05, 4.69) is 11.8 Å². The van der Waals surface area contributed by atoms with Crippen LogP contribution in [0.5, 0.6) is 5.75 Å². The number of ether oxygens (including phenoxy) is 1. The van der Waals surface area contributed by atoms with Crippen molar-refractivity contribution >= 4 is 38.9 Å². The van der Waals surface area contributed by atoms with Gasteiger partial charge >= 0.3 is 0 Å². The van der Waals surface area contributed by atoms with E-state index in [-0.39, 0.29) is 24.0 Å². The molecule has 1 saturated heterocycles. The highest BCUT2D eigenvalue weighted by Gasteiger charge is 2.26. The lowest BCUT2D eigenvalue weighted by Crippen LogP contribution is -2.50.